The second-order valence-corrected chi connectivity index (χ2v) is 3.97. The zero-order valence-electron chi connectivity index (χ0n) is 10.7. The number of amides is 2. The van der Waals surface area contributed by atoms with Crippen LogP contribution in [0.15, 0.2) is 42.7 Å². The van der Waals surface area contributed by atoms with E-state index >= 15 is 0 Å². The molecule has 0 aliphatic rings. The third kappa shape index (κ3) is 3.84. The number of benzene rings is 1. The lowest BCUT2D eigenvalue weighted by Gasteiger charge is -2.06. The van der Waals surface area contributed by atoms with Crippen LogP contribution in [0.3, 0.4) is 0 Å². The molecule has 7 nitrogen and oxygen atoms in total. The number of anilines is 1. The Kier molecular flexibility index (Phi) is 4.33. The van der Waals surface area contributed by atoms with Gasteiger partial charge in [0.25, 0.3) is 0 Å². The highest BCUT2D eigenvalue weighted by molar-refractivity contribution is 5.91. The van der Waals surface area contributed by atoms with E-state index in [0.717, 1.165) is 0 Å². The largest absolute Gasteiger partial charge is 0.460 e. The summed E-state index contributed by atoms with van der Waals surface area (Å²) in [5.74, 6) is -0.428. The van der Waals surface area contributed by atoms with E-state index in [1.807, 2.05) is 0 Å². The Hall–Kier alpha value is -2.83. The summed E-state index contributed by atoms with van der Waals surface area (Å²) >= 11 is 0. The molecule has 0 saturated heterocycles. The Bertz CT molecular complexity index is 578. The molecule has 0 atom stereocenters. The highest BCUT2D eigenvalue weighted by Gasteiger charge is 2.07. The number of nitrogens with one attached hydrogen (secondary N) is 1. The SMILES string of the molecule is NC(=O)Nc1ccc(C(=O)OCCn2cccn2)cc1. The Morgan fingerprint density at radius 1 is 1.30 bits per heavy atom. The predicted molar refractivity (Wildman–Crippen MR) is 72.2 cm³/mol. The fraction of sp³-hybridized carbons (Fsp3) is 0.154. The van der Waals surface area contributed by atoms with E-state index in [1.54, 1.807) is 47.4 Å². The second kappa shape index (κ2) is 6.37. The second-order valence-electron chi connectivity index (χ2n) is 3.97. The van der Waals surface area contributed by atoms with Gasteiger partial charge in [-0.1, -0.05) is 0 Å². The number of carbonyl (C=O) groups is 2. The van der Waals surface area contributed by atoms with Gasteiger partial charge >= 0.3 is 12.0 Å². The zero-order chi connectivity index (χ0) is 14.4. The van der Waals surface area contributed by atoms with Crippen LogP contribution in [0, 0.1) is 0 Å². The van der Waals surface area contributed by atoms with E-state index < -0.39 is 12.0 Å². The maximum absolute atomic E-state index is 11.7. The van der Waals surface area contributed by atoms with Crippen LogP contribution in [0.2, 0.25) is 0 Å². The van der Waals surface area contributed by atoms with Crippen LogP contribution < -0.4 is 11.1 Å². The molecular formula is C13H14N4O3. The van der Waals surface area contributed by atoms with Crippen molar-refractivity contribution < 1.29 is 14.3 Å². The lowest BCUT2D eigenvalue weighted by Crippen LogP contribution is -2.19. The molecule has 20 heavy (non-hydrogen) atoms. The van der Waals surface area contributed by atoms with Gasteiger partial charge in [0, 0.05) is 18.1 Å². The number of hydrogen-bond acceptors (Lipinski definition) is 4. The van der Waals surface area contributed by atoms with Gasteiger partial charge < -0.3 is 15.8 Å². The zero-order valence-corrected chi connectivity index (χ0v) is 10.7. The summed E-state index contributed by atoms with van der Waals surface area (Å²) in [6.45, 7) is 0.738. The number of carbonyl (C=O) groups excluding carboxylic acids is 2. The Labute approximate surface area is 115 Å². The third-order valence-electron chi connectivity index (χ3n) is 2.50. The van der Waals surface area contributed by atoms with Crippen molar-refractivity contribution in [1.29, 1.82) is 0 Å². The minimum atomic E-state index is -0.653. The van der Waals surface area contributed by atoms with Gasteiger partial charge in [-0.05, 0) is 30.3 Å². The number of hydrogen-bond donors (Lipinski definition) is 2. The number of rotatable bonds is 5. The molecule has 7 heteroatoms. The number of nitrogens with zero attached hydrogens (tertiary/aromatic N) is 2. The van der Waals surface area contributed by atoms with Gasteiger partial charge in [0.05, 0.1) is 12.1 Å². The monoisotopic (exact) mass is 274 g/mol. The first-order valence-corrected chi connectivity index (χ1v) is 5.96. The van der Waals surface area contributed by atoms with E-state index in [-0.39, 0.29) is 6.61 Å². The van der Waals surface area contributed by atoms with Crippen LogP contribution in [-0.4, -0.2) is 28.4 Å². The van der Waals surface area contributed by atoms with Crippen molar-refractivity contribution in [3.63, 3.8) is 0 Å². The number of esters is 1. The van der Waals surface area contributed by atoms with Crippen molar-refractivity contribution in [2.75, 3.05) is 11.9 Å². The first-order valence-electron chi connectivity index (χ1n) is 5.96. The van der Waals surface area contributed by atoms with Gasteiger partial charge in [0.2, 0.25) is 0 Å². The van der Waals surface area contributed by atoms with E-state index in [2.05, 4.69) is 10.4 Å². The van der Waals surface area contributed by atoms with Crippen LogP contribution >= 0.6 is 0 Å². The molecule has 3 N–H and O–H groups in total. The van der Waals surface area contributed by atoms with Gasteiger partial charge in [0.15, 0.2) is 0 Å². The highest BCUT2D eigenvalue weighted by atomic mass is 16.5. The smallest absolute Gasteiger partial charge is 0.338 e. The fourth-order valence-corrected chi connectivity index (χ4v) is 1.58. The molecule has 0 aliphatic heterocycles. The average Bonchev–Trinajstić information content (AvgIpc) is 2.92. The molecule has 2 amide bonds. The quantitative estimate of drug-likeness (QED) is 0.801. The van der Waals surface area contributed by atoms with Crippen molar-refractivity contribution in [2.24, 2.45) is 5.73 Å². The molecule has 0 saturated carbocycles. The van der Waals surface area contributed by atoms with Crippen LogP contribution in [0.25, 0.3) is 0 Å². The minimum absolute atomic E-state index is 0.238. The van der Waals surface area contributed by atoms with Crippen molar-refractivity contribution >= 4 is 17.7 Å². The lowest BCUT2D eigenvalue weighted by molar-refractivity contribution is 0.0487. The summed E-state index contributed by atoms with van der Waals surface area (Å²) in [6.07, 6.45) is 3.45. The minimum Gasteiger partial charge on any atom is -0.460 e. The summed E-state index contributed by atoms with van der Waals surface area (Å²) in [4.78, 5) is 22.4. The molecule has 0 aliphatic carbocycles. The molecule has 0 bridgehead atoms. The molecular weight excluding hydrogens is 260 g/mol. The highest BCUT2D eigenvalue weighted by Crippen LogP contribution is 2.10. The molecule has 0 fully saturated rings. The van der Waals surface area contributed by atoms with Crippen LogP contribution in [0.5, 0.6) is 0 Å². The molecule has 1 heterocycles. The standard InChI is InChI=1S/C13H14N4O3/c14-13(19)16-11-4-2-10(3-5-11)12(18)20-9-8-17-7-1-6-15-17/h1-7H,8-9H2,(H3,14,16,19). The average molecular weight is 274 g/mol. The fourth-order valence-electron chi connectivity index (χ4n) is 1.58. The Morgan fingerprint density at radius 3 is 2.65 bits per heavy atom. The molecule has 104 valence electrons. The van der Waals surface area contributed by atoms with Crippen molar-refractivity contribution in [3.05, 3.63) is 48.3 Å². The van der Waals surface area contributed by atoms with Gasteiger partial charge in [-0.2, -0.15) is 5.10 Å². The molecule has 2 aromatic rings. The number of nitrogens with two attached hydrogens (primary N) is 1. The van der Waals surface area contributed by atoms with E-state index in [4.69, 9.17) is 10.5 Å². The molecule has 0 radical (unpaired) electrons. The summed E-state index contributed by atoms with van der Waals surface area (Å²) < 4.78 is 6.78. The van der Waals surface area contributed by atoms with Gasteiger partial charge in [-0.3, -0.25) is 4.68 Å². The first kappa shape index (κ1) is 13.6. The summed E-state index contributed by atoms with van der Waals surface area (Å²) in [5.41, 5.74) is 5.91. The molecule has 0 spiro atoms. The third-order valence-corrected chi connectivity index (χ3v) is 2.50. The Morgan fingerprint density at radius 2 is 2.05 bits per heavy atom. The maximum Gasteiger partial charge on any atom is 0.338 e. The van der Waals surface area contributed by atoms with Gasteiger partial charge in [0.1, 0.15) is 6.61 Å². The molecule has 2 rings (SSSR count). The topological polar surface area (TPSA) is 99.2 Å². The van der Waals surface area contributed by atoms with E-state index in [1.165, 1.54) is 0 Å². The van der Waals surface area contributed by atoms with Crippen molar-refractivity contribution in [2.45, 2.75) is 6.54 Å². The van der Waals surface area contributed by atoms with E-state index in [0.29, 0.717) is 17.8 Å². The maximum atomic E-state index is 11.7. The normalized spacial score (nSPS) is 10.0. The first-order chi connectivity index (χ1) is 9.65. The summed E-state index contributed by atoms with van der Waals surface area (Å²) in [7, 11) is 0. The molecule has 1 aromatic heterocycles. The predicted octanol–water partition coefficient (Wildman–Crippen LogP) is 1.23. The van der Waals surface area contributed by atoms with Gasteiger partial charge in [-0.15, -0.1) is 0 Å². The number of ether oxygens (including phenoxy) is 1. The molecule has 1 aromatic carbocycles. The van der Waals surface area contributed by atoms with Crippen LogP contribution in [0.4, 0.5) is 10.5 Å². The van der Waals surface area contributed by atoms with Crippen LogP contribution in [0.1, 0.15) is 10.4 Å². The lowest BCUT2D eigenvalue weighted by atomic mass is 10.2. The van der Waals surface area contributed by atoms with E-state index in [9.17, 15) is 9.59 Å². The molecule has 0 unspecified atom stereocenters. The van der Waals surface area contributed by atoms with Crippen LogP contribution in [-0.2, 0) is 11.3 Å². The summed E-state index contributed by atoms with van der Waals surface area (Å²) in [6, 6.07) is 7.42. The summed E-state index contributed by atoms with van der Waals surface area (Å²) in [5, 5.41) is 6.41. The number of primary amides is 1. The Balaban J connectivity index is 1.84. The number of urea groups is 1. The van der Waals surface area contributed by atoms with Crippen molar-refractivity contribution in [3.8, 4) is 0 Å². The van der Waals surface area contributed by atoms with Crippen molar-refractivity contribution in [1.82, 2.24) is 9.78 Å². The number of aromatic nitrogens is 2. The van der Waals surface area contributed by atoms with Gasteiger partial charge in [-0.25, -0.2) is 9.59 Å².